The molecule has 1 amide bonds. The number of allylic oxidation sites excluding steroid dienone is 1. The van der Waals surface area contributed by atoms with Crippen LogP contribution in [0, 0.1) is 5.92 Å². The van der Waals surface area contributed by atoms with Crippen LogP contribution in [-0.4, -0.2) is 29.9 Å². The highest BCUT2D eigenvalue weighted by molar-refractivity contribution is 5.98. The van der Waals surface area contributed by atoms with Crippen molar-refractivity contribution < 1.29 is 14.3 Å². The van der Waals surface area contributed by atoms with Crippen LogP contribution in [0.1, 0.15) is 27.2 Å². The van der Waals surface area contributed by atoms with Crippen molar-refractivity contribution in [3.63, 3.8) is 0 Å². The Hall–Kier alpha value is -1.58. The first-order chi connectivity index (χ1) is 7.95. The predicted molar refractivity (Wildman–Crippen MR) is 65.0 cm³/mol. The van der Waals surface area contributed by atoms with Crippen molar-refractivity contribution in [3.8, 4) is 0 Å². The number of ether oxygens (including phenoxy) is 1. The lowest BCUT2D eigenvalue weighted by molar-refractivity contribution is -0.156. The van der Waals surface area contributed by atoms with Crippen molar-refractivity contribution in [1.29, 1.82) is 0 Å². The second kappa shape index (κ2) is 5.17. The average Bonchev–Trinajstić information content (AvgIpc) is 2.31. The molecule has 1 fully saturated rings. The molecule has 0 aromatic carbocycles. The molecule has 0 bridgehead atoms. The zero-order valence-electron chi connectivity index (χ0n) is 10.8. The van der Waals surface area contributed by atoms with E-state index < -0.39 is 5.97 Å². The molecular weight excluding hydrogens is 218 g/mol. The van der Waals surface area contributed by atoms with Gasteiger partial charge in [0.05, 0.1) is 19.1 Å². The van der Waals surface area contributed by atoms with E-state index in [0.717, 1.165) is 5.57 Å². The first-order valence-electron chi connectivity index (χ1n) is 5.65. The number of amides is 1. The minimum Gasteiger partial charge on any atom is -0.464 e. The molecule has 1 saturated heterocycles. The van der Waals surface area contributed by atoms with Crippen LogP contribution in [0.4, 0.5) is 0 Å². The minimum atomic E-state index is -0.459. The third-order valence-electron chi connectivity index (χ3n) is 3.04. The second-order valence-corrected chi connectivity index (χ2v) is 4.43. The Morgan fingerprint density at radius 1 is 1.53 bits per heavy atom. The molecule has 1 aliphatic heterocycles. The third-order valence-corrected chi connectivity index (χ3v) is 3.04. The second-order valence-electron chi connectivity index (χ2n) is 4.43. The Bertz CT molecular complexity index is 380. The van der Waals surface area contributed by atoms with Crippen LogP contribution in [-0.2, 0) is 14.3 Å². The first kappa shape index (κ1) is 13.5. The van der Waals surface area contributed by atoms with E-state index in [9.17, 15) is 9.59 Å². The van der Waals surface area contributed by atoms with Gasteiger partial charge in [-0.2, -0.15) is 0 Å². The number of likely N-dealkylation sites (tertiary alicyclic amines) is 1. The molecule has 4 nitrogen and oxygen atoms in total. The van der Waals surface area contributed by atoms with Crippen molar-refractivity contribution in [1.82, 2.24) is 4.90 Å². The standard InChI is InChI=1S/C13H19NO3/c1-6-7-10-9(4)12(15)14(10)11(8(2)3)13(16)17-5/h6,9-10H,1,7H2,2-5H3/t9-,10-/m1/s1. The highest BCUT2D eigenvalue weighted by Crippen LogP contribution is 2.34. The van der Waals surface area contributed by atoms with Crippen molar-refractivity contribution in [2.45, 2.75) is 33.2 Å². The molecule has 0 saturated carbocycles. The molecule has 2 atom stereocenters. The number of hydrogen-bond acceptors (Lipinski definition) is 3. The molecule has 94 valence electrons. The van der Waals surface area contributed by atoms with Gasteiger partial charge in [0.1, 0.15) is 5.70 Å². The largest absolute Gasteiger partial charge is 0.464 e. The smallest absolute Gasteiger partial charge is 0.354 e. The maximum absolute atomic E-state index is 11.9. The summed E-state index contributed by atoms with van der Waals surface area (Å²) in [7, 11) is 1.32. The van der Waals surface area contributed by atoms with Gasteiger partial charge in [-0.15, -0.1) is 6.58 Å². The molecule has 17 heavy (non-hydrogen) atoms. The van der Waals surface area contributed by atoms with E-state index in [0.29, 0.717) is 12.1 Å². The van der Waals surface area contributed by atoms with Crippen LogP contribution in [0.15, 0.2) is 23.9 Å². The van der Waals surface area contributed by atoms with E-state index >= 15 is 0 Å². The van der Waals surface area contributed by atoms with Crippen LogP contribution in [0.5, 0.6) is 0 Å². The van der Waals surface area contributed by atoms with Crippen LogP contribution < -0.4 is 0 Å². The van der Waals surface area contributed by atoms with Crippen molar-refractivity contribution in [2.75, 3.05) is 7.11 Å². The van der Waals surface area contributed by atoms with Gasteiger partial charge in [-0.25, -0.2) is 4.79 Å². The van der Waals surface area contributed by atoms with Crippen LogP contribution in [0.2, 0.25) is 0 Å². The molecule has 1 rings (SSSR count). The minimum absolute atomic E-state index is 0.0176. The summed E-state index contributed by atoms with van der Waals surface area (Å²) in [5, 5.41) is 0. The van der Waals surface area contributed by atoms with Gasteiger partial charge in [-0.1, -0.05) is 13.0 Å². The molecule has 1 aliphatic rings. The van der Waals surface area contributed by atoms with E-state index in [-0.39, 0.29) is 17.9 Å². The number of β-lactam (4-membered cyclic amide) rings is 1. The molecule has 0 aromatic rings. The first-order valence-corrected chi connectivity index (χ1v) is 5.65. The van der Waals surface area contributed by atoms with E-state index in [1.807, 2.05) is 6.92 Å². The van der Waals surface area contributed by atoms with Gasteiger partial charge in [0.15, 0.2) is 0 Å². The summed E-state index contributed by atoms with van der Waals surface area (Å²) in [6.45, 7) is 9.14. The maximum atomic E-state index is 11.9. The van der Waals surface area contributed by atoms with Crippen molar-refractivity contribution in [2.24, 2.45) is 5.92 Å². The van der Waals surface area contributed by atoms with Crippen molar-refractivity contribution in [3.05, 3.63) is 23.9 Å². The molecule has 4 heteroatoms. The fourth-order valence-corrected chi connectivity index (χ4v) is 2.09. The molecule has 0 unspecified atom stereocenters. The highest BCUT2D eigenvalue weighted by Gasteiger charge is 2.47. The Kier molecular flexibility index (Phi) is 4.10. The number of nitrogens with zero attached hydrogens (tertiary/aromatic N) is 1. The van der Waals surface area contributed by atoms with E-state index in [4.69, 9.17) is 4.74 Å². The van der Waals surface area contributed by atoms with Gasteiger partial charge >= 0.3 is 5.97 Å². The monoisotopic (exact) mass is 237 g/mol. The van der Waals surface area contributed by atoms with Gasteiger partial charge in [-0.3, -0.25) is 4.79 Å². The van der Waals surface area contributed by atoms with Crippen molar-refractivity contribution >= 4 is 11.9 Å². The molecule has 0 aromatic heterocycles. The van der Waals surface area contributed by atoms with Gasteiger partial charge in [0.25, 0.3) is 0 Å². The Labute approximate surface area is 102 Å². The predicted octanol–water partition coefficient (Wildman–Crippen LogP) is 1.88. The number of rotatable bonds is 4. The Morgan fingerprint density at radius 2 is 2.12 bits per heavy atom. The Balaban J connectivity index is 3.04. The molecular formula is C13H19NO3. The molecule has 0 aliphatic carbocycles. The lowest BCUT2D eigenvalue weighted by Gasteiger charge is -2.46. The van der Waals surface area contributed by atoms with Crippen LogP contribution >= 0.6 is 0 Å². The fraction of sp³-hybridized carbons (Fsp3) is 0.538. The van der Waals surface area contributed by atoms with E-state index in [1.54, 1.807) is 19.9 Å². The summed E-state index contributed by atoms with van der Waals surface area (Å²) in [5.41, 5.74) is 1.15. The van der Waals surface area contributed by atoms with Crippen LogP contribution in [0.3, 0.4) is 0 Å². The number of hydrogen-bond donors (Lipinski definition) is 0. The SMILES string of the molecule is C=CC[C@@H]1[C@@H](C)C(=O)N1C(C(=O)OC)=C(C)C. The van der Waals surface area contributed by atoms with Crippen LogP contribution in [0.25, 0.3) is 0 Å². The summed E-state index contributed by atoms with van der Waals surface area (Å²) >= 11 is 0. The Morgan fingerprint density at radius 3 is 2.53 bits per heavy atom. The van der Waals surface area contributed by atoms with Gasteiger partial charge in [-0.05, 0) is 25.8 Å². The average molecular weight is 237 g/mol. The number of methoxy groups -OCH3 is 1. The summed E-state index contributed by atoms with van der Waals surface area (Å²) in [5.74, 6) is -0.551. The zero-order chi connectivity index (χ0) is 13.2. The number of esters is 1. The third kappa shape index (κ3) is 2.25. The highest BCUT2D eigenvalue weighted by atomic mass is 16.5. The zero-order valence-corrected chi connectivity index (χ0v) is 10.8. The maximum Gasteiger partial charge on any atom is 0.354 e. The molecule has 1 heterocycles. The lowest BCUT2D eigenvalue weighted by Crippen LogP contribution is -2.60. The topological polar surface area (TPSA) is 46.6 Å². The number of carbonyl (C=O) groups is 2. The molecule has 0 radical (unpaired) electrons. The molecule has 0 spiro atoms. The summed E-state index contributed by atoms with van der Waals surface area (Å²) < 4.78 is 4.72. The van der Waals surface area contributed by atoms with Gasteiger partial charge < -0.3 is 9.64 Å². The summed E-state index contributed by atoms with van der Waals surface area (Å²) in [4.78, 5) is 25.1. The summed E-state index contributed by atoms with van der Waals surface area (Å²) in [6, 6.07) is 0.0176. The van der Waals surface area contributed by atoms with Gasteiger partial charge in [0.2, 0.25) is 5.91 Å². The van der Waals surface area contributed by atoms with E-state index in [2.05, 4.69) is 6.58 Å². The molecule has 0 N–H and O–H groups in total. The fourth-order valence-electron chi connectivity index (χ4n) is 2.09. The summed E-state index contributed by atoms with van der Waals surface area (Å²) in [6.07, 6.45) is 2.45. The lowest BCUT2D eigenvalue weighted by atomic mass is 9.85. The van der Waals surface area contributed by atoms with E-state index in [1.165, 1.54) is 12.0 Å². The quantitative estimate of drug-likeness (QED) is 0.324. The van der Waals surface area contributed by atoms with Gasteiger partial charge in [0, 0.05) is 0 Å². The number of carbonyl (C=O) groups excluding carboxylic acids is 2. The normalized spacial score (nSPS) is 22.8.